The van der Waals surface area contributed by atoms with Crippen molar-refractivity contribution in [3.63, 3.8) is 0 Å². The van der Waals surface area contributed by atoms with Gasteiger partial charge in [-0.05, 0) is 55.0 Å². The zero-order valence-electron chi connectivity index (χ0n) is 15.6. The van der Waals surface area contributed by atoms with Gasteiger partial charge in [0.2, 0.25) is 0 Å². The lowest BCUT2D eigenvalue weighted by Crippen LogP contribution is -2.22. The van der Waals surface area contributed by atoms with E-state index in [0.29, 0.717) is 19.6 Å². The van der Waals surface area contributed by atoms with Gasteiger partial charge in [-0.15, -0.1) is 0 Å². The molecule has 0 saturated heterocycles. The van der Waals surface area contributed by atoms with E-state index in [1.165, 1.54) is 0 Å². The molecule has 0 atom stereocenters. The standard InChI is InChI=1S/C22H22ClN3O2/c23-17-8-9-20-16(13-17)7-6-15-3-2-10-25-21(15)22(20)26-28-12-11-24-18-4-1-5-19(27)14-18/h2-3,8-10,13-14,24H,1,4-7,11-12H2/b26-22+. The first kappa shape index (κ1) is 18.7. The lowest BCUT2D eigenvalue weighted by atomic mass is 10.0. The van der Waals surface area contributed by atoms with Crippen molar-refractivity contribution in [2.24, 2.45) is 5.16 Å². The summed E-state index contributed by atoms with van der Waals surface area (Å²) in [6.45, 7) is 0.999. The lowest BCUT2D eigenvalue weighted by Gasteiger charge is -2.14. The summed E-state index contributed by atoms with van der Waals surface area (Å²) in [5, 5.41) is 8.42. The van der Waals surface area contributed by atoms with Gasteiger partial charge < -0.3 is 10.2 Å². The van der Waals surface area contributed by atoms with E-state index >= 15 is 0 Å². The van der Waals surface area contributed by atoms with Gasteiger partial charge >= 0.3 is 0 Å². The third-order valence-corrected chi connectivity index (χ3v) is 5.24. The van der Waals surface area contributed by atoms with Gasteiger partial charge in [0.25, 0.3) is 0 Å². The molecule has 0 bridgehead atoms. The molecule has 2 aromatic rings. The van der Waals surface area contributed by atoms with Crippen LogP contribution in [0.5, 0.6) is 0 Å². The number of aromatic nitrogens is 1. The number of halogens is 1. The number of fused-ring (bicyclic) bond motifs is 2. The number of hydrogen-bond acceptors (Lipinski definition) is 5. The van der Waals surface area contributed by atoms with Crippen molar-refractivity contribution in [1.82, 2.24) is 10.3 Å². The van der Waals surface area contributed by atoms with E-state index in [1.807, 2.05) is 24.3 Å². The Morgan fingerprint density at radius 3 is 2.93 bits per heavy atom. The van der Waals surface area contributed by atoms with Gasteiger partial charge in [-0.1, -0.05) is 28.9 Å². The highest BCUT2D eigenvalue weighted by molar-refractivity contribution is 6.31. The molecule has 5 nitrogen and oxygen atoms in total. The molecule has 1 aromatic carbocycles. The van der Waals surface area contributed by atoms with E-state index in [-0.39, 0.29) is 5.78 Å². The Morgan fingerprint density at radius 2 is 2.04 bits per heavy atom. The van der Waals surface area contributed by atoms with Gasteiger partial charge in [0.1, 0.15) is 12.3 Å². The van der Waals surface area contributed by atoms with E-state index in [2.05, 4.69) is 21.5 Å². The van der Waals surface area contributed by atoms with Gasteiger partial charge in [-0.25, -0.2) is 0 Å². The molecule has 0 aliphatic heterocycles. The predicted octanol–water partition coefficient (Wildman–Crippen LogP) is 3.83. The number of aryl methyl sites for hydroxylation is 2. The summed E-state index contributed by atoms with van der Waals surface area (Å²) in [6, 6.07) is 9.88. The summed E-state index contributed by atoms with van der Waals surface area (Å²) in [5.74, 6) is 0.186. The van der Waals surface area contributed by atoms with Crippen molar-refractivity contribution < 1.29 is 9.63 Å². The van der Waals surface area contributed by atoms with E-state index in [1.54, 1.807) is 12.3 Å². The van der Waals surface area contributed by atoms with Crippen LogP contribution in [0.2, 0.25) is 5.02 Å². The summed E-state index contributed by atoms with van der Waals surface area (Å²) in [7, 11) is 0. The predicted molar refractivity (Wildman–Crippen MR) is 110 cm³/mol. The fraction of sp³-hybridized carbons (Fsp3) is 0.318. The van der Waals surface area contributed by atoms with Crippen molar-refractivity contribution >= 4 is 23.1 Å². The number of nitrogens with zero attached hydrogens (tertiary/aromatic N) is 2. The zero-order chi connectivity index (χ0) is 19.3. The molecule has 0 amide bonds. The monoisotopic (exact) mass is 395 g/mol. The molecule has 28 heavy (non-hydrogen) atoms. The second kappa shape index (κ2) is 8.57. The van der Waals surface area contributed by atoms with Gasteiger partial charge in [-0.3, -0.25) is 9.78 Å². The number of nitrogens with one attached hydrogen (secondary N) is 1. The first-order valence-electron chi connectivity index (χ1n) is 9.61. The van der Waals surface area contributed by atoms with Crippen LogP contribution in [0, 0.1) is 0 Å². The van der Waals surface area contributed by atoms with Crippen LogP contribution >= 0.6 is 11.6 Å². The summed E-state index contributed by atoms with van der Waals surface area (Å²) in [5.41, 5.74) is 5.89. The molecule has 2 aliphatic rings. The van der Waals surface area contributed by atoms with Gasteiger partial charge in [0, 0.05) is 35.0 Å². The normalized spacial score (nSPS) is 17.4. The van der Waals surface area contributed by atoms with E-state index in [0.717, 1.165) is 64.5 Å². The second-order valence-electron chi connectivity index (χ2n) is 7.00. The maximum absolute atomic E-state index is 11.5. The highest BCUT2D eigenvalue weighted by Crippen LogP contribution is 2.26. The second-order valence-corrected chi connectivity index (χ2v) is 7.44. The Labute approximate surface area is 169 Å². The number of hydrogen-bond donors (Lipinski definition) is 1. The molecule has 0 unspecified atom stereocenters. The minimum Gasteiger partial charge on any atom is -0.393 e. The summed E-state index contributed by atoms with van der Waals surface area (Å²) in [4.78, 5) is 21.7. The van der Waals surface area contributed by atoms with Crippen LogP contribution in [0.25, 0.3) is 0 Å². The molecular formula is C22H22ClN3O2. The quantitative estimate of drug-likeness (QED) is 0.617. The Bertz CT molecular complexity index is 953. The smallest absolute Gasteiger partial charge is 0.157 e. The molecule has 1 aromatic heterocycles. The third-order valence-electron chi connectivity index (χ3n) is 5.01. The van der Waals surface area contributed by atoms with E-state index in [4.69, 9.17) is 16.4 Å². The number of pyridine rings is 1. The van der Waals surface area contributed by atoms with Gasteiger partial charge in [0.15, 0.2) is 5.78 Å². The van der Waals surface area contributed by atoms with E-state index in [9.17, 15) is 4.79 Å². The largest absolute Gasteiger partial charge is 0.393 e. The topological polar surface area (TPSA) is 63.6 Å². The van der Waals surface area contributed by atoms with Crippen molar-refractivity contribution in [2.45, 2.75) is 32.1 Å². The third kappa shape index (κ3) is 4.25. The molecule has 0 saturated carbocycles. The Balaban J connectivity index is 1.50. The van der Waals surface area contributed by atoms with Crippen LogP contribution in [0.3, 0.4) is 0 Å². The molecule has 0 radical (unpaired) electrons. The highest BCUT2D eigenvalue weighted by atomic mass is 35.5. The Hall–Kier alpha value is -2.66. The van der Waals surface area contributed by atoms with Crippen molar-refractivity contribution in [3.05, 3.63) is 75.7 Å². The number of oxime groups is 1. The maximum atomic E-state index is 11.5. The number of benzene rings is 1. The minimum absolute atomic E-state index is 0.186. The molecular weight excluding hydrogens is 374 g/mol. The first-order valence-corrected chi connectivity index (χ1v) is 9.99. The van der Waals surface area contributed by atoms with Crippen LogP contribution < -0.4 is 5.32 Å². The van der Waals surface area contributed by atoms with Crippen molar-refractivity contribution in [2.75, 3.05) is 13.2 Å². The number of carbonyl (C=O) groups excluding carboxylic acids is 1. The average Bonchev–Trinajstić information content (AvgIpc) is 2.85. The molecule has 1 N–H and O–H groups in total. The number of allylic oxidation sites excluding steroid dienone is 2. The van der Waals surface area contributed by atoms with Gasteiger partial charge in [-0.2, -0.15) is 0 Å². The fourth-order valence-electron chi connectivity index (χ4n) is 3.64. The number of ketones is 1. The average molecular weight is 396 g/mol. The van der Waals surface area contributed by atoms with Crippen LogP contribution in [0.4, 0.5) is 0 Å². The van der Waals surface area contributed by atoms with E-state index < -0.39 is 0 Å². The number of rotatable bonds is 5. The fourth-order valence-corrected chi connectivity index (χ4v) is 3.84. The molecule has 6 heteroatoms. The Kier molecular flexibility index (Phi) is 5.72. The van der Waals surface area contributed by atoms with Crippen LogP contribution in [-0.2, 0) is 22.5 Å². The summed E-state index contributed by atoms with van der Waals surface area (Å²) < 4.78 is 0. The maximum Gasteiger partial charge on any atom is 0.157 e. The van der Waals surface area contributed by atoms with Crippen LogP contribution in [0.15, 0.2) is 53.5 Å². The Morgan fingerprint density at radius 1 is 1.14 bits per heavy atom. The molecule has 2 aliphatic carbocycles. The van der Waals surface area contributed by atoms with Crippen LogP contribution in [0.1, 0.15) is 41.6 Å². The lowest BCUT2D eigenvalue weighted by molar-refractivity contribution is -0.115. The molecule has 0 fully saturated rings. The molecule has 4 rings (SSSR count). The van der Waals surface area contributed by atoms with Crippen LogP contribution in [-0.4, -0.2) is 29.6 Å². The summed E-state index contributed by atoms with van der Waals surface area (Å²) in [6.07, 6.45) is 7.71. The van der Waals surface area contributed by atoms with Gasteiger partial charge in [0.05, 0.1) is 12.2 Å². The molecule has 144 valence electrons. The molecule has 1 heterocycles. The SMILES string of the molecule is O=C1C=C(NCCO/N=C2\c3ccc(Cl)cc3CCc3cccnc32)CCC1. The molecule has 0 spiro atoms. The summed E-state index contributed by atoms with van der Waals surface area (Å²) >= 11 is 6.19. The first-order chi connectivity index (χ1) is 13.7. The number of carbonyl (C=O) groups is 1. The van der Waals surface area contributed by atoms with Crippen molar-refractivity contribution in [1.29, 1.82) is 0 Å². The van der Waals surface area contributed by atoms with Crippen molar-refractivity contribution in [3.8, 4) is 0 Å². The zero-order valence-corrected chi connectivity index (χ0v) is 16.3. The highest BCUT2D eigenvalue weighted by Gasteiger charge is 2.21. The minimum atomic E-state index is 0.186.